The summed E-state index contributed by atoms with van der Waals surface area (Å²) >= 11 is 0. The Hall–Kier alpha value is -1.58. The molecule has 0 aromatic rings. The Bertz CT molecular complexity index is 340. The number of rotatable bonds is 14. The molecule has 0 spiro atoms. The maximum absolute atomic E-state index is 11.1. The third kappa shape index (κ3) is 13.4. The molecule has 0 bridgehead atoms. The van der Waals surface area contributed by atoms with Gasteiger partial charge in [0.2, 0.25) is 11.8 Å². The molecule has 0 fully saturated rings. The minimum Gasteiger partial charge on any atom is -0.353 e. The first-order valence-electron chi connectivity index (χ1n) is 8.43. The molecular weight excluding hydrogens is 276 g/mol. The molecule has 4 nitrogen and oxygen atoms in total. The molecule has 2 amide bonds. The largest absolute Gasteiger partial charge is 0.353 e. The Morgan fingerprint density at radius 1 is 0.864 bits per heavy atom. The maximum Gasteiger partial charge on any atom is 0.243 e. The summed E-state index contributed by atoms with van der Waals surface area (Å²) in [7, 11) is 0. The Morgan fingerprint density at radius 2 is 1.36 bits per heavy atom. The predicted molar refractivity (Wildman–Crippen MR) is 92.6 cm³/mol. The van der Waals surface area contributed by atoms with Gasteiger partial charge < -0.3 is 10.6 Å². The fraction of sp³-hybridized carbons (Fsp3) is 0.667. The standard InChI is InChI=1S/C18H32N2O2/c1-4-17(21)19-15-13-11-9-7-6-8-10-12-14-16(3)20-18(22)5-2/h4-5,16H,1-2,6-15H2,3H3,(H,19,21)(H,20,22). The van der Waals surface area contributed by atoms with Crippen molar-refractivity contribution in [3.8, 4) is 0 Å². The molecule has 1 atom stereocenters. The van der Waals surface area contributed by atoms with E-state index in [1.165, 1.54) is 50.7 Å². The summed E-state index contributed by atoms with van der Waals surface area (Å²) in [5, 5.41) is 5.67. The summed E-state index contributed by atoms with van der Waals surface area (Å²) in [6, 6.07) is 0.233. The van der Waals surface area contributed by atoms with Crippen molar-refractivity contribution in [3.05, 3.63) is 25.3 Å². The van der Waals surface area contributed by atoms with E-state index in [4.69, 9.17) is 0 Å². The van der Waals surface area contributed by atoms with Gasteiger partial charge in [-0.25, -0.2) is 0 Å². The van der Waals surface area contributed by atoms with E-state index in [-0.39, 0.29) is 17.9 Å². The van der Waals surface area contributed by atoms with E-state index in [9.17, 15) is 9.59 Å². The van der Waals surface area contributed by atoms with Crippen LogP contribution in [0.2, 0.25) is 0 Å². The van der Waals surface area contributed by atoms with Gasteiger partial charge in [-0.2, -0.15) is 0 Å². The number of nitrogens with one attached hydrogen (secondary N) is 2. The Kier molecular flexibility index (Phi) is 13.3. The first-order valence-corrected chi connectivity index (χ1v) is 8.43. The van der Waals surface area contributed by atoms with Crippen LogP contribution in [0.25, 0.3) is 0 Å². The average molecular weight is 308 g/mol. The lowest BCUT2D eigenvalue weighted by Crippen LogP contribution is -2.30. The Morgan fingerprint density at radius 3 is 1.91 bits per heavy atom. The number of hydrogen-bond acceptors (Lipinski definition) is 2. The molecule has 4 heteroatoms. The molecule has 0 aliphatic carbocycles. The van der Waals surface area contributed by atoms with Crippen LogP contribution in [0.3, 0.4) is 0 Å². The molecule has 0 rings (SSSR count). The van der Waals surface area contributed by atoms with Crippen LogP contribution in [0.1, 0.15) is 64.7 Å². The monoisotopic (exact) mass is 308 g/mol. The maximum atomic E-state index is 11.1. The van der Waals surface area contributed by atoms with Crippen LogP contribution >= 0.6 is 0 Å². The first kappa shape index (κ1) is 20.4. The normalized spacial score (nSPS) is 11.5. The van der Waals surface area contributed by atoms with Gasteiger partial charge in [0.05, 0.1) is 0 Å². The minimum absolute atomic E-state index is 0.0847. The molecule has 0 aliphatic rings. The highest BCUT2D eigenvalue weighted by Gasteiger charge is 2.03. The van der Waals surface area contributed by atoms with E-state index >= 15 is 0 Å². The molecule has 0 aromatic heterocycles. The average Bonchev–Trinajstić information content (AvgIpc) is 2.51. The number of unbranched alkanes of at least 4 members (excludes halogenated alkanes) is 7. The van der Waals surface area contributed by atoms with Gasteiger partial charge in [0.15, 0.2) is 0 Å². The summed E-state index contributed by atoms with van der Waals surface area (Å²) in [5.74, 6) is -0.171. The van der Waals surface area contributed by atoms with E-state index in [0.29, 0.717) is 0 Å². The second kappa shape index (κ2) is 14.4. The topological polar surface area (TPSA) is 58.2 Å². The second-order valence-corrected chi connectivity index (χ2v) is 5.73. The SMILES string of the molecule is C=CC(=O)NCCCCCCCCCCC(C)NC(=O)C=C. The summed E-state index contributed by atoms with van der Waals surface area (Å²) < 4.78 is 0. The van der Waals surface area contributed by atoms with Gasteiger partial charge in [-0.15, -0.1) is 0 Å². The van der Waals surface area contributed by atoms with Crippen LogP contribution in [0.4, 0.5) is 0 Å². The van der Waals surface area contributed by atoms with Crippen molar-refractivity contribution >= 4 is 11.8 Å². The van der Waals surface area contributed by atoms with E-state index in [1.807, 2.05) is 6.92 Å². The molecule has 0 radical (unpaired) electrons. The number of hydrogen-bond donors (Lipinski definition) is 2. The summed E-state index contributed by atoms with van der Waals surface area (Å²) in [6.07, 6.45) is 13.3. The van der Waals surface area contributed by atoms with Crippen LogP contribution in [-0.4, -0.2) is 24.4 Å². The van der Waals surface area contributed by atoms with Crippen molar-refractivity contribution in [1.82, 2.24) is 10.6 Å². The second-order valence-electron chi connectivity index (χ2n) is 5.73. The molecule has 126 valence electrons. The molecule has 0 aromatic carbocycles. The lowest BCUT2D eigenvalue weighted by Gasteiger charge is -2.11. The third-order valence-electron chi connectivity index (χ3n) is 3.62. The van der Waals surface area contributed by atoms with Crippen molar-refractivity contribution in [2.24, 2.45) is 0 Å². The zero-order valence-electron chi connectivity index (χ0n) is 14.0. The molecule has 1 unspecified atom stereocenters. The van der Waals surface area contributed by atoms with E-state index in [1.54, 1.807) is 0 Å². The minimum atomic E-state index is -0.0863. The molecule has 22 heavy (non-hydrogen) atoms. The van der Waals surface area contributed by atoms with Gasteiger partial charge in [-0.05, 0) is 31.9 Å². The predicted octanol–water partition coefficient (Wildman–Crippen LogP) is 3.49. The lowest BCUT2D eigenvalue weighted by molar-refractivity contribution is -0.117. The molecule has 0 saturated heterocycles. The highest BCUT2D eigenvalue weighted by molar-refractivity contribution is 5.87. The molecule has 0 heterocycles. The van der Waals surface area contributed by atoms with Gasteiger partial charge in [0.25, 0.3) is 0 Å². The van der Waals surface area contributed by atoms with Crippen molar-refractivity contribution in [2.75, 3.05) is 6.54 Å². The molecule has 0 saturated carbocycles. The fourth-order valence-electron chi connectivity index (χ4n) is 2.29. The number of amides is 2. The van der Waals surface area contributed by atoms with Gasteiger partial charge in [0.1, 0.15) is 0 Å². The number of carbonyl (C=O) groups excluding carboxylic acids is 2. The third-order valence-corrected chi connectivity index (χ3v) is 3.62. The van der Waals surface area contributed by atoms with Gasteiger partial charge in [-0.1, -0.05) is 58.1 Å². The summed E-state index contributed by atoms with van der Waals surface area (Å²) in [6.45, 7) is 9.65. The zero-order chi connectivity index (χ0) is 16.6. The van der Waals surface area contributed by atoms with Crippen LogP contribution < -0.4 is 10.6 Å². The quantitative estimate of drug-likeness (QED) is 0.381. The van der Waals surface area contributed by atoms with Gasteiger partial charge in [0, 0.05) is 12.6 Å². The van der Waals surface area contributed by atoms with Crippen molar-refractivity contribution in [1.29, 1.82) is 0 Å². The number of carbonyl (C=O) groups is 2. The van der Waals surface area contributed by atoms with Crippen molar-refractivity contribution in [2.45, 2.75) is 70.8 Å². The fourth-order valence-corrected chi connectivity index (χ4v) is 2.29. The molecule has 2 N–H and O–H groups in total. The summed E-state index contributed by atoms with van der Waals surface area (Å²) in [5.41, 5.74) is 0. The lowest BCUT2D eigenvalue weighted by atomic mass is 10.1. The first-order chi connectivity index (χ1) is 10.6. The smallest absolute Gasteiger partial charge is 0.243 e. The highest BCUT2D eigenvalue weighted by Crippen LogP contribution is 2.10. The van der Waals surface area contributed by atoms with Gasteiger partial charge in [-0.3, -0.25) is 9.59 Å². The Balaban J connectivity index is 3.23. The molecular formula is C18H32N2O2. The van der Waals surface area contributed by atoms with Crippen LogP contribution in [0.5, 0.6) is 0 Å². The highest BCUT2D eigenvalue weighted by atomic mass is 16.2. The Labute approximate surface area is 135 Å². The summed E-state index contributed by atoms with van der Waals surface area (Å²) in [4.78, 5) is 22.0. The molecule has 0 aliphatic heterocycles. The van der Waals surface area contributed by atoms with E-state index in [0.717, 1.165) is 25.8 Å². The van der Waals surface area contributed by atoms with Crippen molar-refractivity contribution < 1.29 is 9.59 Å². The van der Waals surface area contributed by atoms with Crippen LogP contribution in [-0.2, 0) is 9.59 Å². The van der Waals surface area contributed by atoms with Gasteiger partial charge >= 0.3 is 0 Å². The van der Waals surface area contributed by atoms with E-state index < -0.39 is 0 Å². The zero-order valence-corrected chi connectivity index (χ0v) is 14.0. The van der Waals surface area contributed by atoms with Crippen LogP contribution in [0.15, 0.2) is 25.3 Å². The van der Waals surface area contributed by atoms with Crippen molar-refractivity contribution in [3.63, 3.8) is 0 Å². The van der Waals surface area contributed by atoms with E-state index in [2.05, 4.69) is 23.8 Å². The van der Waals surface area contributed by atoms with Crippen LogP contribution in [0, 0.1) is 0 Å².